The van der Waals surface area contributed by atoms with Crippen molar-refractivity contribution in [3.8, 4) is 11.6 Å². The normalized spacial score (nSPS) is 23.7. The number of aromatic amines is 1. The van der Waals surface area contributed by atoms with Crippen LogP contribution in [0.3, 0.4) is 0 Å². The molecule has 0 spiro atoms. The van der Waals surface area contributed by atoms with Gasteiger partial charge >= 0.3 is 0 Å². The van der Waals surface area contributed by atoms with Crippen molar-refractivity contribution >= 4 is 0 Å². The first-order chi connectivity index (χ1) is 14.9. The molecule has 0 aliphatic carbocycles. The summed E-state index contributed by atoms with van der Waals surface area (Å²) in [6.07, 6.45) is 7.40. The molecule has 1 aliphatic rings. The summed E-state index contributed by atoms with van der Waals surface area (Å²) in [5.41, 5.74) is 4.43. The Labute approximate surface area is 192 Å². The van der Waals surface area contributed by atoms with E-state index in [1.807, 2.05) is 20.8 Å². The number of aliphatic hydroxyl groups is 1. The monoisotopic (exact) mass is 445 g/mol. The molecule has 1 aromatic rings. The third kappa shape index (κ3) is 5.93. The molecule has 0 bridgehead atoms. The number of epoxide rings is 1. The maximum Gasteiger partial charge on any atom is 0.238 e. The minimum absolute atomic E-state index is 0.00971. The van der Waals surface area contributed by atoms with Gasteiger partial charge in [0.2, 0.25) is 17.1 Å². The Balaban J connectivity index is 2.05. The van der Waals surface area contributed by atoms with Gasteiger partial charge in [0.1, 0.15) is 5.60 Å². The van der Waals surface area contributed by atoms with Crippen LogP contribution in [0.4, 0.5) is 0 Å². The molecule has 6 nitrogen and oxygen atoms in total. The molecular weight excluding hydrogens is 406 g/mol. The smallest absolute Gasteiger partial charge is 0.238 e. The van der Waals surface area contributed by atoms with Crippen molar-refractivity contribution in [3.05, 3.63) is 56.4 Å². The Morgan fingerprint density at radius 1 is 1.25 bits per heavy atom. The van der Waals surface area contributed by atoms with E-state index >= 15 is 0 Å². The Hall–Kier alpha value is -2.31. The summed E-state index contributed by atoms with van der Waals surface area (Å²) in [5.74, 6) is 0.555. The van der Waals surface area contributed by atoms with Crippen molar-refractivity contribution in [2.75, 3.05) is 14.2 Å². The first kappa shape index (κ1) is 25.9. The molecule has 2 heterocycles. The van der Waals surface area contributed by atoms with Gasteiger partial charge in [0, 0.05) is 23.6 Å². The number of aliphatic hydroxyl groups excluding tert-OH is 1. The maximum absolute atomic E-state index is 12.5. The van der Waals surface area contributed by atoms with E-state index in [1.54, 1.807) is 6.92 Å². The average Bonchev–Trinajstić information content (AvgIpc) is 3.35. The molecule has 6 heteroatoms. The first-order valence-electron chi connectivity index (χ1n) is 11.1. The highest BCUT2D eigenvalue weighted by Gasteiger charge is 2.55. The van der Waals surface area contributed by atoms with Crippen LogP contribution in [0.25, 0.3) is 0 Å². The molecule has 0 unspecified atom stereocenters. The number of nitrogens with one attached hydrogen (secondary N) is 1. The van der Waals surface area contributed by atoms with Crippen LogP contribution < -0.4 is 14.9 Å². The molecule has 2 N–H and O–H groups in total. The second-order valence-electron chi connectivity index (χ2n) is 9.20. The van der Waals surface area contributed by atoms with Crippen LogP contribution in [0.2, 0.25) is 0 Å². The van der Waals surface area contributed by atoms with Gasteiger partial charge in [0.15, 0.2) is 0 Å². The molecule has 1 fully saturated rings. The van der Waals surface area contributed by atoms with E-state index in [0.717, 1.165) is 17.7 Å². The number of methoxy groups -OCH3 is 2. The lowest BCUT2D eigenvalue weighted by Gasteiger charge is -2.20. The van der Waals surface area contributed by atoms with Gasteiger partial charge in [-0.2, -0.15) is 0 Å². The zero-order valence-corrected chi connectivity index (χ0v) is 21.0. The van der Waals surface area contributed by atoms with Crippen LogP contribution in [0.1, 0.15) is 59.2 Å². The van der Waals surface area contributed by atoms with Gasteiger partial charge in [-0.25, -0.2) is 0 Å². The highest BCUT2D eigenvalue weighted by Crippen LogP contribution is 2.41. The standard InChI is InChI=1S/C26H39NO5/c1-15(10-11-21-19(5)22(28)23(30-8)25(27-21)31-9)12-16(2)13-17(3)14-18(4)24(29)26(7)20(6)32-26/h10,13-14,18,20,24,29H,11-12H2,1-9H3,(H,27,28)/b15-10+,16-13+,17-14-/t18-,20+,24-,26-/m1/s1. The van der Waals surface area contributed by atoms with E-state index in [0.29, 0.717) is 17.9 Å². The van der Waals surface area contributed by atoms with Crippen LogP contribution in [0.15, 0.2) is 39.7 Å². The molecule has 1 aliphatic heterocycles. The summed E-state index contributed by atoms with van der Waals surface area (Å²) >= 11 is 0. The van der Waals surface area contributed by atoms with Crippen LogP contribution in [0.5, 0.6) is 11.6 Å². The van der Waals surface area contributed by atoms with Crippen LogP contribution >= 0.6 is 0 Å². The second kappa shape index (κ2) is 10.5. The Bertz CT molecular complexity index is 971. The highest BCUT2D eigenvalue weighted by molar-refractivity contribution is 5.40. The number of allylic oxidation sites excluding steroid dienone is 5. The van der Waals surface area contributed by atoms with E-state index in [1.165, 1.54) is 25.4 Å². The summed E-state index contributed by atoms with van der Waals surface area (Å²) in [4.78, 5) is 15.6. The van der Waals surface area contributed by atoms with E-state index in [9.17, 15) is 9.90 Å². The molecule has 1 saturated heterocycles. The van der Waals surface area contributed by atoms with Crippen molar-refractivity contribution in [2.45, 2.75) is 79.1 Å². The molecule has 1 aromatic heterocycles. The number of ether oxygens (including phenoxy) is 3. The lowest BCUT2D eigenvalue weighted by atomic mass is 9.89. The number of pyridine rings is 1. The van der Waals surface area contributed by atoms with E-state index in [-0.39, 0.29) is 23.2 Å². The van der Waals surface area contributed by atoms with Gasteiger partial charge in [-0.1, -0.05) is 41.9 Å². The quantitative estimate of drug-likeness (QED) is 0.311. The van der Waals surface area contributed by atoms with Gasteiger partial charge in [0.05, 0.1) is 26.4 Å². The summed E-state index contributed by atoms with van der Waals surface area (Å²) < 4.78 is 16.0. The van der Waals surface area contributed by atoms with Crippen LogP contribution in [-0.2, 0) is 11.2 Å². The van der Waals surface area contributed by atoms with Crippen LogP contribution in [0, 0.1) is 12.8 Å². The zero-order valence-electron chi connectivity index (χ0n) is 21.0. The summed E-state index contributed by atoms with van der Waals surface area (Å²) in [7, 11) is 2.97. The second-order valence-corrected chi connectivity index (χ2v) is 9.20. The van der Waals surface area contributed by atoms with Gasteiger partial charge in [0.25, 0.3) is 0 Å². The lowest BCUT2D eigenvalue weighted by molar-refractivity contribution is 0.0564. The average molecular weight is 446 g/mol. The fourth-order valence-corrected chi connectivity index (χ4v) is 4.19. The predicted octanol–water partition coefficient (Wildman–Crippen LogP) is 4.65. The van der Waals surface area contributed by atoms with E-state index in [4.69, 9.17) is 14.2 Å². The van der Waals surface area contributed by atoms with E-state index in [2.05, 4.69) is 44.0 Å². The molecule has 2 rings (SSSR count). The molecule has 0 aromatic carbocycles. The molecule has 0 saturated carbocycles. The number of aromatic nitrogens is 1. The summed E-state index contributed by atoms with van der Waals surface area (Å²) in [5, 5.41) is 10.6. The predicted molar refractivity (Wildman–Crippen MR) is 129 cm³/mol. The van der Waals surface area contributed by atoms with Crippen molar-refractivity contribution in [1.82, 2.24) is 4.98 Å². The maximum atomic E-state index is 12.5. The largest absolute Gasteiger partial charge is 0.488 e. The van der Waals surface area contributed by atoms with Crippen molar-refractivity contribution in [1.29, 1.82) is 0 Å². The van der Waals surface area contributed by atoms with Crippen molar-refractivity contribution in [2.24, 2.45) is 5.92 Å². The number of H-pyrrole nitrogens is 1. The Morgan fingerprint density at radius 2 is 1.88 bits per heavy atom. The van der Waals surface area contributed by atoms with E-state index < -0.39 is 11.7 Å². The molecular formula is C26H39NO5. The zero-order chi connectivity index (χ0) is 24.2. The van der Waals surface area contributed by atoms with Crippen molar-refractivity contribution < 1.29 is 19.3 Å². The van der Waals surface area contributed by atoms with Crippen molar-refractivity contribution in [3.63, 3.8) is 0 Å². The summed E-state index contributed by atoms with van der Waals surface area (Å²) in [6.45, 7) is 14.0. The lowest BCUT2D eigenvalue weighted by Crippen LogP contribution is -2.33. The van der Waals surface area contributed by atoms with Gasteiger partial charge in [-0.15, -0.1) is 0 Å². The fraction of sp³-hybridized carbons (Fsp3) is 0.577. The molecule has 0 radical (unpaired) electrons. The van der Waals surface area contributed by atoms with Crippen LogP contribution in [-0.4, -0.2) is 42.1 Å². The molecule has 32 heavy (non-hydrogen) atoms. The Morgan fingerprint density at radius 3 is 2.41 bits per heavy atom. The van der Waals surface area contributed by atoms with Gasteiger partial charge in [-0.05, 0) is 48.0 Å². The minimum Gasteiger partial charge on any atom is -0.488 e. The number of rotatable bonds is 10. The van der Waals surface area contributed by atoms with Gasteiger partial charge < -0.3 is 24.3 Å². The third-order valence-corrected chi connectivity index (χ3v) is 6.36. The Kier molecular flexibility index (Phi) is 8.54. The molecule has 4 atom stereocenters. The van der Waals surface area contributed by atoms with Gasteiger partial charge in [-0.3, -0.25) is 4.79 Å². The highest BCUT2D eigenvalue weighted by atomic mass is 16.6. The fourth-order valence-electron chi connectivity index (χ4n) is 4.19. The third-order valence-electron chi connectivity index (χ3n) is 6.36. The molecule has 0 amide bonds. The number of hydrogen-bond acceptors (Lipinski definition) is 5. The SMILES string of the molecule is COc1[nH]c(C/C=C(\C)C/C(C)=C/C(C)=C\[C@@H](C)[C@@H](O)[C@]2(C)O[C@H]2C)c(C)c(=O)c1OC. The minimum atomic E-state index is -0.519. The summed E-state index contributed by atoms with van der Waals surface area (Å²) in [6, 6.07) is 0. The first-order valence-corrected chi connectivity index (χ1v) is 11.1. The molecule has 178 valence electrons. The topological polar surface area (TPSA) is 84.1 Å². The number of hydrogen-bond donors (Lipinski definition) is 2.